The van der Waals surface area contributed by atoms with Crippen LogP contribution in [0.25, 0.3) is 6.08 Å². The van der Waals surface area contributed by atoms with E-state index in [1.807, 2.05) is 4.03 Å². The molecule has 1 aliphatic rings. The van der Waals surface area contributed by atoms with E-state index in [4.69, 9.17) is 0 Å². The quantitative estimate of drug-likeness (QED) is 0.689. The molecule has 1 heterocycles. The SMILES string of the molecule is C[Si](C)(C)[C]1=CC=Cc2cccc[c]2[Ge]1([CH3])[CH3]. The fourth-order valence-electron chi connectivity index (χ4n) is 3.00. The van der Waals surface area contributed by atoms with E-state index in [1.54, 1.807) is 4.40 Å². The second-order valence-electron chi connectivity index (χ2n) is 6.40. The van der Waals surface area contributed by atoms with Gasteiger partial charge in [0.1, 0.15) is 0 Å². The number of hydrogen-bond donors (Lipinski definition) is 0. The Morgan fingerprint density at radius 1 is 1.00 bits per heavy atom. The van der Waals surface area contributed by atoms with Gasteiger partial charge in [-0.25, -0.2) is 0 Å². The molecule has 0 saturated heterocycles. The zero-order chi connectivity index (χ0) is 12.7. The summed E-state index contributed by atoms with van der Waals surface area (Å²) in [7, 11) is -1.20. The van der Waals surface area contributed by atoms with Crippen molar-refractivity contribution >= 4 is 31.8 Å². The molecule has 0 aliphatic carbocycles. The van der Waals surface area contributed by atoms with E-state index in [9.17, 15) is 0 Å². The maximum absolute atomic E-state index is 2.55. The van der Waals surface area contributed by atoms with Gasteiger partial charge in [0.05, 0.1) is 0 Å². The minimum atomic E-state index is -2.03. The summed E-state index contributed by atoms with van der Waals surface area (Å²) in [6.45, 7) is 7.44. The molecule has 0 bridgehead atoms. The third-order valence-corrected chi connectivity index (χ3v) is 20.4. The van der Waals surface area contributed by atoms with Crippen molar-refractivity contribution < 1.29 is 0 Å². The normalized spacial score (nSPS) is 18.3. The van der Waals surface area contributed by atoms with Crippen molar-refractivity contribution in [1.29, 1.82) is 0 Å². The second-order valence-corrected chi connectivity index (χ2v) is 21.6. The first-order chi connectivity index (χ1) is 7.83. The monoisotopic (exact) mass is 304 g/mol. The van der Waals surface area contributed by atoms with Crippen LogP contribution in [0.1, 0.15) is 5.56 Å². The molecular weight excluding hydrogens is 281 g/mol. The second kappa shape index (κ2) is 4.29. The molecule has 1 aromatic carbocycles. The van der Waals surface area contributed by atoms with Crippen LogP contribution in [0.4, 0.5) is 0 Å². The summed E-state index contributed by atoms with van der Waals surface area (Å²) < 4.78 is 3.47. The Morgan fingerprint density at radius 3 is 2.29 bits per heavy atom. The van der Waals surface area contributed by atoms with Crippen LogP contribution < -0.4 is 4.40 Å². The molecule has 0 amide bonds. The number of hydrogen-bond acceptors (Lipinski definition) is 0. The van der Waals surface area contributed by atoms with Gasteiger partial charge < -0.3 is 0 Å². The van der Waals surface area contributed by atoms with Gasteiger partial charge >= 0.3 is 109 Å². The van der Waals surface area contributed by atoms with Crippen LogP contribution in [0, 0.1) is 0 Å². The summed E-state index contributed by atoms with van der Waals surface area (Å²) in [5.41, 5.74) is 1.45. The summed E-state index contributed by atoms with van der Waals surface area (Å²) in [6.07, 6.45) is 6.99. The molecule has 17 heavy (non-hydrogen) atoms. The summed E-state index contributed by atoms with van der Waals surface area (Å²) in [5.74, 6) is 5.10. The van der Waals surface area contributed by atoms with Crippen LogP contribution in [-0.4, -0.2) is 21.3 Å². The van der Waals surface area contributed by atoms with Crippen molar-refractivity contribution in [2.24, 2.45) is 0 Å². The van der Waals surface area contributed by atoms with Crippen LogP contribution >= 0.6 is 0 Å². The molecule has 90 valence electrons. The Balaban J connectivity index is 2.64. The van der Waals surface area contributed by atoms with Gasteiger partial charge in [0, 0.05) is 0 Å². The Labute approximate surface area is 109 Å². The predicted octanol–water partition coefficient (Wildman–Crippen LogP) is 3.97. The van der Waals surface area contributed by atoms with Crippen LogP contribution in [0.3, 0.4) is 0 Å². The van der Waals surface area contributed by atoms with E-state index in [0.29, 0.717) is 0 Å². The van der Waals surface area contributed by atoms with Gasteiger partial charge in [-0.1, -0.05) is 0 Å². The van der Waals surface area contributed by atoms with Gasteiger partial charge in [-0.05, 0) is 0 Å². The van der Waals surface area contributed by atoms with E-state index in [0.717, 1.165) is 0 Å². The summed E-state index contributed by atoms with van der Waals surface area (Å²) in [6, 6.07) is 8.98. The molecule has 1 aromatic rings. The molecule has 0 unspecified atom stereocenters. The first kappa shape index (κ1) is 12.9. The molecule has 0 N–H and O–H groups in total. The van der Waals surface area contributed by atoms with Crippen LogP contribution in [0.5, 0.6) is 0 Å². The zero-order valence-corrected chi connectivity index (χ0v) is 14.6. The minimum absolute atomic E-state index is 1.20. The fourth-order valence-corrected chi connectivity index (χ4v) is 22.6. The van der Waals surface area contributed by atoms with Gasteiger partial charge in [-0.15, -0.1) is 0 Å². The van der Waals surface area contributed by atoms with E-state index >= 15 is 0 Å². The zero-order valence-electron chi connectivity index (χ0n) is 11.5. The molecule has 2 heteroatoms. The van der Waals surface area contributed by atoms with Crippen LogP contribution in [0.15, 0.2) is 40.4 Å². The van der Waals surface area contributed by atoms with Crippen molar-refractivity contribution in [2.75, 3.05) is 0 Å². The maximum atomic E-state index is 2.55. The van der Waals surface area contributed by atoms with Gasteiger partial charge in [0.15, 0.2) is 0 Å². The van der Waals surface area contributed by atoms with Crippen molar-refractivity contribution in [2.45, 2.75) is 31.2 Å². The Morgan fingerprint density at radius 2 is 1.65 bits per heavy atom. The van der Waals surface area contributed by atoms with Crippen molar-refractivity contribution in [1.82, 2.24) is 0 Å². The van der Waals surface area contributed by atoms with Crippen molar-refractivity contribution in [3.05, 3.63) is 46.0 Å². The van der Waals surface area contributed by atoms with E-state index in [-0.39, 0.29) is 0 Å². The number of rotatable bonds is 1. The molecule has 1 aliphatic heterocycles. The topological polar surface area (TPSA) is 0 Å². The third-order valence-electron chi connectivity index (χ3n) is 3.65. The molecule has 0 nitrogen and oxygen atoms in total. The van der Waals surface area contributed by atoms with E-state index in [2.05, 4.69) is 73.6 Å². The Kier molecular flexibility index (Phi) is 3.25. The summed E-state index contributed by atoms with van der Waals surface area (Å²) >= 11 is -2.03. The summed E-state index contributed by atoms with van der Waals surface area (Å²) in [5, 5.41) is 0. The van der Waals surface area contributed by atoms with Crippen LogP contribution in [0.2, 0.25) is 31.2 Å². The number of fused-ring (bicyclic) bond motifs is 1. The first-order valence-electron chi connectivity index (χ1n) is 6.32. The molecule has 0 radical (unpaired) electrons. The molecule has 0 saturated carbocycles. The first-order valence-corrected chi connectivity index (χ1v) is 16.1. The Hall–Kier alpha value is -0.540. The Bertz CT molecular complexity index is 490. The van der Waals surface area contributed by atoms with Gasteiger partial charge in [-0.2, -0.15) is 0 Å². The fraction of sp³-hybridized carbons (Fsp3) is 0.333. The van der Waals surface area contributed by atoms with E-state index in [1.165, 1.54) is 5.56 Å². The average Bonchev–Trinajstić information content (AvgIpc) is 2.35. The molecule has 0 atom stereocenters. The van der Waals surface area contributed by atoms with Crippen molar-refractivity contribution in [3.63, 3.8) is 0 Å². The standard InChI is InChI=1S/C15H22GeSi/c1-16(2)14-11-7-6-9-13(14)10-8-12-15(16)17(3,4)5/h6-12H,1-5H3. The van der Waals surface area contributed by atoms with Crippen molar-refractivity contribution in [3.8, 4) is 0 Å². The average molecular weight is 303 g/mol. The van der Waals surface area contributed by atoms with Crippen LogP contribution in [-0.2, 0) is 0 Å². The molecule has 0 aromatic heterocycles. The molecule has 2 rings (SSSR count). The van der Waals surface area contributed by atoms with E-state index < -0.39 is 21.3 Å². The molecule has 0 spiro atoms. The van der Waals surface area contributed by atoms with Gasteiger partial charge in [-0.3, -0.25) is 0 Å². The predicted molar refractivity (Wildman–Crippen MR) is 84.0 cm³/mol. The number of benzene rings is 1. The number of allylic oxidation sites excluding steroid dienone is 2. The molecular formula is C15H22GeSi. The molecule has 0 fully saturated rings. The van der Waals surface area contributed by atoms with Gasteiger partial charge in [0.25, 0.3) is 0 Å². The third kappa shape index (κ3) is 2.36. The summed E-state index contributed by atoms with van der Waals surface area (Å²) in [4.78, 5) is 0. The van der Waals surface area contributed by atoms with Gasteiger partial charge in [0.2, 0.25) is 0 Å².